The number of hydrogen-bond donors (Lipinski definition) is 2. The van der Waals surface area contributed by atoms with Crippen LogP contribution >= 0.6 is 0 Å². The second-order valence-corrected chi connectivity index (χ2v) is 7.04. The van der Waals surface area contributed by atoms with Gasteiger partial charge in [-0.25, -0.2) is 0 Å². The van der Waals surface area contributed by atoms with Gasteiger partial charge in [0.05, 0.1) is 6.04 Å². The van der Waals surface area contributed by atoms with Gasteiger partial charge in [0.25, 0.3) is 5.91 Å². The highest BCUT2D eigenvalue weighted by atomic mass is 16.2. The van der Waals surface area contributed by atoms with Crippen LogP contribution in [0.2, 0.25) is 0 Å². The highest BCUT2D eigenvalue weighted by molar-refractivity contribution is 5.91. The van der Waals surface area contributed by atoms with Gasteiger partial charge < -0.3 is 15.5 Å². The maximum absolute atomic E-state index is 12.5. The summed E-state index contributed by atoms with van der Waals surface area (Å²) in [5.41, 5.74) is 0.312. The molecule has 1 unspecified atom stereocenters. The number of amides is 2. The lowest BCUT2D eigenvalue weighted by molar-refractivity contribution is -0.126. The summed E-state index contributed by atoms with van der Waals surface area (Å²) in [6, 6.07) is 3.76. The average molecular weight is 360 g/mol. The van der Waals surface area contributed by atoms with E-state index in [1.165, 1.54) is 12.8 Å². The molecule has 1 aromatic rings. The predicted molar refractivity (Wildman–Crippen MR) is 99.1 cm³/mol. The minimum atomic E-state index is -0.240. The number of nitrogens with zero attached hydrogens (tertiary/aromatic N) is 4. The van der Waals surface area contributed by atoms with E-state index in [1.807, 2.05) is 13.0 Å². The Labute approximate surface area is 154 Å². The van der Waals surface area contributed by atoms with Crippen LogP contribution in [0.3, 0.4) is 0 Å². The van der Waals surface area contributed by atoms with Crippen LogP contribution in [0.25, 0.3) is 0 Å². The summed E-state index contributed by atoms with van der Waals surface area (Å²) >= 11 is 0. The molecule has 26 heavy (non-hydrogen) atoms. The van der Waals surface area contributed by atoms with Crippen molar-refractivity contribution >= 4 is 17.6 Å². The summed E-state index contributed by atoms with van der Waals surface area (Å²) in [6.45, 7) is 5.16. The first-order valence-corrected chi connectivity index (χ1v) is 9.43. The zero-order valence-corrected chi connectivity index (χ0v) is 15.6. The Hall–Kier alpha value is -2.22. The van der Waals surface area contributed by atoms with Gasteiger partial charge in [0.1, 0.15) is 0 Å². The third-order valence-corrected chi connectivity index (χ3v) is 5.38. The normalized spacial score (nSPS) is 20.0. The first kappa shape index (κ1) is 18.6. The monoisotopic (exact) mass is 360 g/mol. The zero-order chi connectivity index (χ0) is 18.5. The van der Waals surface area contributed by atoms with Gasteiger partial charge in [-0.05, 0) is 31.9 Å². The minimum absolute atomic E-state index is 0.112. The second kappa shape index (κ2) is 8.44. The Morgan fingerprint density at radius 3 is 2.38 bits per heavy atom. The fourth-order valence-corrected chi connectivity index (χ4v) is 3.64. The first-order chi connectivity index (χ1) is 12.6. The van der Waals surface area contributed by atoms with E-state index >= 15 is 0 Å². The van der Waals surface area contributed by atoms with Crippen LogP contribution in [0.1, 0.15) is 43.1 Å². The van der Waals surface area contributed by atoms with Crippen molar-refractivity contribution < 1.29 is 9.59 Å². The molecule has 2 amide bonds. The van der Waals surface area contributed by atoms with Crippen LogP contribution in [-0.2, 0) is 4.79 Å². The molecule has 3 rings (SSSR count). The summed E-state index contributed by atoms with van der Waals surface area (Å²) < 4.78 is 0. The molecule has 1 aliphatic carbocycles. The summed E-state index contributed by atoms with van der Waals surface area (Å²) in [5.74, 6) is 0.663. The predicted octanol–water partition coefficient (Wildman–Crippen LogP) is 0.406. The molecular formula is C18H28N6O2. The highest BCUT2D eigenvalue weighted by Gasteiger charge is 2.28. The number of nitrogens with one attached hydrogen (secondary N) is 2. The van der Waals surface area contributed by atoms with Crippen molar-refractivity contribution in [2.45, 2.75) is 44.7 Å². The molecular weight excluding hydrogens is 332 g/mol. The number of carbonyl (C=O) groups is 2. The van der Waals surface area contributed by atoms with E-state index in [1.54, 1.807) is 13.1 Å². The van der Waals surface area contributed by atoms with Gasteiger partial charge in [0.15, 0.2) is 11.5 Å². The number of carbonyl (C=O) groups excluding carboxylic acids is 2. The van der Waals surface area contributed by atoms with Gasteiger partial charge in [-0.1, -0.05) is 12.8 Å². The van der Waals surface area contributed by atoms with Crippen molar-refractivity contribution in [1.29, 1.82) is 0 Å². The Morgan fingerprint density at radius 2 is 1.81 bits per heavy atom. The van der Waals surface area contributed by atoms with Gasteiger partial charge in [0, 0.05) is 39.3 Å². The number of piperazine rings is 1. The fourth-order valence-electron chi connectivity index (χ4n) is 3.64. The van der Waals surface area contributed by atoms with E-state index in [9.17, 15) is 9.59 Å². The molecule has 1 saturated heterocycles. The number of hydrogen-bond acceptors (Lipinski definition) is 6. The third kappa shape index (κ3) is 4.30. The number of anilines is 1. The summed E-state index contributed by atoms with van der Waals surface area (Å²) in [6.07, 6.45) is 4.66. The van der Waals surface area contributed by atoms with Crippen molar-refractivity contribution in [3.63, 3.8) is 0 Å². The van der Waals surface area contributed by atoms with Crippen LogP contribution < -0.4 is 15.5 Å². The van der Waals surface area contributed by atoms with Crippen molar-refractivity contribution in [2.75, 3.05) is 38.1 Å². The molecule has 8 heteroatoms. The molecule has 0 spiro atoms. The Kier molecular flexibility index (Phi) is 6.03. The van der Waals surface area contributed by atoms with E-state index in [2.05, 4.69) is 30.6 Å². The Morgan fingerprint density at radius 1 is 1.12 bits per heavy atom. The summed E-state index contributed by atoms with van der Waals surface area (Å²) in [4.78, 5) is 28.3. The van der Waals surface area contributed by atoms with Gasteiger partial charge in [-0.15, -0.1) is 10.2 Å². The molecule has 1 saturated carbocycles. The van der Waals surface area contributed by atoms with Crippen molar-refractivity contribution in [3.8, 4) is 0 Å². The standard InChI is InChI=1S/C18H28N6O2/c1-13(17(25)20-14-5-3-4-6-14)23-9-11-24(12-10-23)16-8-7-15(21-22-16)18(26)19-2/h7-8,13-14H,3-6,9-12H2,1-2H3,(H,19,26)(H,20,25). The molecule has 8 nitrogen and oxygen atoms in total. The fraction of sp³-hybridized carbons (Fsp3) is 0.667. The lowest BCUT2D eigenvalue weighted by atomic mass is 10.2. The number of rotatable bonds is 5. The topological polar surface area (TPSA) is 90.5 Å². The van der Waals surface area contributed by atoms with E-state index in [0.29, 0.717) is 11.7 Å². The van der Waals surface area contributed by atoms with E-state index in [-0.39, 0.29) is 17.9 Å². The van der Waals surface area contributed by atoms with Crippen LogP contribution in [0.5, 0.6) is 0 Å². The molecule has 2 N–H and O–H groups in total. The van der Waals surface area contributed by atoms with E-state index in [0.717, 1.165) is 44.8 Å². The van der Waals surface area contributed by atoms with Gasteiger partial charge in [-0.2, -0.15) is 0 Å². The van der Waals surface area contributed by atoms with Crippen LogP contribution in [0, 0.1) is 0 Å². The molecule has 2 fully saturated rings. The van der Waals surface area contributed by atoms with Gasteiger partial charge in [-0.3, -0.25) is 14.5 Å². The number of aromatic nitrogens is 2. The maximum atomic E-state index is 12.5. The van der Waals surface area contributed by atoms with Crippen molar-refractivity contribution in [1.82, 2.24) is 25.7 Å². The van der Waals surface area contributed by atoms with E-state index < -0.39 is 0 Å². The van der Waals surface area contributed by atoms with Gasteiger partial charge >= 0.3 is 0 Å². The molecule has 2 aliphatic rings. The van der Waals surface area contributed by atoms with E-state index in [4.69, 9.17) is 0 Å². The SMILES string of the molecule is CNC(=O)c1ccc(N2CCN(C(C)C(=O)NC3CCCC3)CC2)nn1. The summed E-state index contributed by atoms with van der Waals surface area (Å²) in [5, 5.41) is 13.9. The molecule has 1 aromatic heterocycles. The lowest BCUT2D eigenvalue weighted by Gasteiger charge is -2.38. The van der Waals surface area contributed by atoms with Crippen LogP contribution in [0.15, 0.2) is 12.1 Å². The second-order valence-electron chi connectivity index (χ2n) is 7.04. The van der Waals surface area contributed by atoms with Crippen LogP contribution in [-0.4, -0.2) is 72.2 Å². The minimum Gasteiger partial charge on any atom is -0.354 e. The molecule has 1 atom stereocenters. The molecule has 2 heterocycles. The molecule has 0 bridgehead atoms. The van der Waals surface area contributed by atoms with Crippen molar-refractivity contribution in [3.05, 3.63) is 17.8 Å². The Balaban J connectivity index is 1.50. The third-order valence-electron chi connectivity index (χ3n) is 5.38. The van der Waals surface area contributed by atoms with Gasteiger partial charge in [0.2, 0.25) is 5.91 Å². The lowest BCUT2D eigenvalue weighted by Crippen LogP contribution is -2.55. The smallest absolute Gasteiger partial charge is 0.271 e. The maximum Gasteiger partial charge on any atom is 0.271 e. The zero-order valence-electron chi connectivity index (χ0n) is 15.6. The largest absolute Gasteiger partial charge is 0.354 e. The van der Waals surface area contributed by atoms with Crippen LogP contribution in [0.4, 0.5) is 5.82 Å². The Bertz CT molecular complexity index is 621. The first-order valence-electron chi connectivity index (χ1n) is 9.43. The molecule has 1 aliphatic heterocycles. The highest BCUT2D eigenvalue weighted by Crippen LogP contribution is 2.19. The molecule has 142 valence electrons. The molecule has 0 aromatic carbocycles. The van der Waals surface area contributed by atoms with Crippen molar-refractivity contribution in [2.24, 2.45) is 0 Å². The average Bonchev–Trinajstić information content (AvgIpc) is 3.20. The molecule has 0 radical (unpaired) electrons. The summed E-state index contributed by atoms with van der Waals surface area (Å²) in [7, 11) is 1.57. The quantitative estimate of drug-likeness (QED) is 0.790.